The number of halogens is 1. The molecule has 6 heteroatoms. The summed E-state index contributed by atoms with van der Waals surface area (Å²) in [5.74, 6) is 0.146. The Balaban J connectivity index is 1.59. The van der Waals surface area contributed by atoms with Gasteiger partial charge in [0, 0.05) is 11.0 Å². The maximum absolute atomic E-state index is 12.4. The predicted octanol–water partition coefficient (Wildman–Crippen LogP) is 3.45. The molecule has 0 spiro atoms. The lowest BCUT2D eigenvalue weighted by Gasteiger charge is -2.17. The molecular formula is C18H19BrN2O3. The summed E-state index contributed by atoms with van der Waals surface area (Å²) in [7, 11) is 0. The highest BCUT2D eigenvalue weighted by atomic mass is 79.9. The average Bonchev–Trinajstić information content (AvgIpc) is 2.61. The standard InChI is InChI=1S/C18H19BrN2O3/c19-14-6-7-16-15(10-14)18(23)21(12-20-16)9-8-17(22)24-11-13-4-2-1-3-5-13/h1-2,6-7,10,12-13H,3-5,8-9,11H2. The van der Waals surface area contributed by atoms with Gasteiger partial charge in [-0.05, 0) is 43.4 Å². The number of benzene rings is 1. The first-order valence-corrected chi connectivity index (χ1v) is 8.88. The molecule has 0 fully saturated rings. The first-order chi connectivity index (χ1) is 11.6. The molecule has 0 aliphatic heterocycles. The van der Waals surface area contributed by atoms with Crippen LogP contribution in [0.3, 0.4) is 0 Å². The van der Waals surface area contributed by atoms with Crippen molar-refractivity contribution in [2.24, 2.45) is 5.92 Å². The molecule has 24 heavy (non-hydrogen) atoms. The highest BCUT2D eigenvalue weighted by molar-refractivity contribution is 9.10. The average molecular weight is 391 g/mol. The minimum atomic E-state index is -0.272. The number of carbonyl (C=O) groups is 1. The van der Waals surface area contributed by atoms with Gasteiger partial charge in [0.1, 0.15) is 0 Å². The number of carbonyl (C=O) groups excluding carboxylic acids is 1. The molecule has 0 saturated carbocycles. The zero-order valence-electron chi connectivity index (χ0n) is 13.3. The van der Waals surface area contributed by atoms with Gasteiger partial charge in [0.05, 0.1) is 30.3 Å². The van der Waals surface area contributed by atoms with E-state index in [0.29, 0.717) is 23.4 Å². The topological polar surface area (TPSA) is 61.2 Å². The quantitative estimate of drug-likeness (QED) is 0.579. The number of aryl methyl sites for hydroxylation is 1. The van der Waals surface area contributed by atoms with Gasteiger partial charge in [-0.25, -0.2) is 4.98 Å². The normalized spacial score (nSPS) is 17.1. The molecule has 0 amide bonds. The number of hydrogen-bond donors (Lipinski definition) is 0. The molecule has 1 heterocycles. The van der Waals surface area contributed by atoms with E-state index < -0.39 is 0 Å². The van der Waals surface area contributed by atoms with Crippen LogP contribution in [0.25, 0.3) is 10.9 Å². The van der Waals surface area contributed by atoms with Gasteiger partial charge in [0.2, 0.25) is 0 Å². The van der Waals surface area contributed by atoms with Crippen LogP contribution in [0.1, 0.15) is 25.7 Å². The van der Waals surface area contributed by atoms with Gasteiger partial charge in [-0.15, -0.1) is 0 Å². The molecule has 1 aliphatic rings. The van der Waals surface area contributed by atoms with E-state index in [9.17, 15) is 9.59 Å². The number of rotatable bonds is 5. The third kappa shape index (κ3) is 4.12. The van der Waals surface area contributed by atoms with Gasteiger partial charge in [-0.1, -0.05) is 28.1 Å². The lowest BCUT2D eigenvalue weighted by atomic mass is 9.95. The lowest BCUT2D eigenvalue weighted by Crippen LogP contribution is -2.23. The molecular weight excluding hydrogens is 372 g/mol. The Morgan fingerprint density at radius 2 is 2.25 bits per heavy atom. The van der Waals surface area contributed by atoms with Crippen LogP contribution in [0.2, 0.25) is 0 Å². The summed E-state index contributed by atoms with van der Waals surface area (Å²) in [5, 5.41) is 0.536. The van der Waals surface area contributed by atoms with Crippen LogP contribution in [0, 0.1) is 5.92 Å². The van der Waals surface area contributed by atoms with Gasteiger partial charge < -0.3 is 4.74 Å². The van der Waals surface area contributed by atoms with Crippen molar-refractivity contribution in [1.82, 2.24) is 9.55 Å². The van der Waals surface area contributed by atoms with E-state index in [2.05, 4.69) is 33.1 Å². The van der Waals surface area contributed by atoms with Crippen LogP contribution in [0.15, 0.2) is 45.9 Å². The predicted molar refractivity (Wildman–Crippen MR) is 95.8 cm³/mol. The molecule has 0 N–H and O–H groups in total. The van der Waals surface area contributed by atoms with Crippen LogP contribution in [0.4, 0.5) is 0 Å². The zero-order valence-corrected chi connectivity index (χ0v) is 14.9. The fourth-order valence-electron chi connectivity index (χ4n) is 2.79. The Morgan fingerprint density at radius 1 is 1.38 bits per heavy atom. The SMILES string of the molecule is O=C(CCn1cnc2ccc(Br)cc2c1=O)OCC1CC=CCC1. The van der Waals surface area contributed by atoms with E-state index in [1.165, 1.54) is 10.9 Å². The summed E-state index contributed by atoms with van der Waals surface area (Å²) in [6, 6.07) is 5.38. The zero-order chi connectivity index (χ0) is 16.9. The first kappa shape index (κ1) is 16.9. The molecule has 5 nitrogen and oxygen atoms in total. The summed E-state index contributed by atoms with van der Waals surface area (Å²) in [6.07, 6.45) is 9.04. The second kappa shape index (κ2) is 7.75. The maximum Gasteiger partial charge on any atom is 0.307 e. The highest BCUT2D eigenvalue weighted by Gasteiger charge is 2.13. The molecule has 126 valence electrons. The summed E-state index contributed by atoms with van der Waals surface area (Å²) in [5.41, 5.74) is 0.499. The van der Waals surface area contributed by atoms with E-state index in [1.54, 1.807) is 12.1 Å². The van der Waals surface area contributed by atoms with E-state index >= 15 is 0 Å². The smallest absolute Gasteiger partial charge is 0.307 e. The Bertz CT molecular complexity index is 829. The minimum absolute atomic E-state index is 0.147. The van der Waals surface area contributed by atoms with Gasteiger partial charge in [-0.3, -0.25) is 14.2 Å². The Morgan fingerprint density at radius 3 is 3.04 bits per heavy atom. The second-order valence-electron chi connectivity index (χ2n) is 5.99. The number of aromatic nitrogens is 2. The molecule has 1 atom stereocenters. The Labute approximate surface area is 148 Å². The largest absolute Gasteiger partial charge is 0.465 e. The van der Waals surface area contributed by atoms with Crippen LogP contribution >= 0.6 is 15.9 Å². The van der Waals surface area contributed by atoms with Crippen LogP contribution in [0.5, 0.6) is 0 Å². The molecule has 1 aromatic heterocycles. The number of hydrogen-bond acceptors (Lipinski definition) is 4. The molecule has 3 rings (SSSR count). The van der Waals surface area contributed by atoms with Crippen molar-refractivity contribution in [3.05, 3.63) is 51.5 Å². The van der Waals surface area contributed by atoms with Gasteiger partial charge in [0.15, 0.2) is 0 Å². The monoisotopic (exact) mass is 390 g/mol. The number of fused-ring (bicyclic) bond motifs is 1. The van der Waals surface area contributed by atoms with E-state index in [0.717, 1.165) is 23.7 Å². The molecule has 1 unspecified atom stereocenters. The van der Waals surface area contributed by atoms with Crippen molar-refractivity contribution < 1.29 is 9.53 Å². The Kier molecular flexibility index (Phi) is 5.45. The number of nitrogens with zero attached hydrogens (tertiary/aromatic N) is 2. The van der Waals surface area contributed by atoms with E-state index in [-0.39, 0.29) is 24.5 Å². The molecule has 0 saturated heterocycles. The van der Waals surface area contributed by atoms with Crippen molar-refractivity contribution in [1.29, 1.82) is 0 Å². The molecule has 1 aliphatic carbocycles. The number of allylic oxidation sites excluding steroid dienone is 2. The molecule has 1 aromatic carbocycles. The molecule has 0 radical (unpaired) electrons. The summed E-state index contributed by atoms with van der Waals surface area (Å²) < 4.78 is 7.62. The fourth-order valence-corrected chi connectivity index (χ4v) is 3.15. The van der Waals surface area contributed by atoms with Crippen LogP contribution in [-0.4, -0.2) is 22.1 Å². The number of ether oxygens (including phenoxy) is 1. The third-order valence-corrected chi connectivity index (χ3v) is 4.69. The summed E-state index contributed by atoms with van der Waals surface area (Å²) in [4.78, 5) is 28.6. The van der Waals surface area contributed by atoms with Crippen molar-refractivity contribution in [2.45, 2.75) is 32.2 Å². The third-order valence-electron chi connectivity index (χ3n) is 4.20. The van der Waals surface area contributed by atoms with Crippen molar-refractivity contribution >= 4 is 32.8 Å². The van der Waals surface area contributed by atoms with Crippen LogP contribution in [-0.2, 0) is 16.1 Å². The lowest BCUT2D eigenvalue weighted by molar-refractivity contribution is -0.145. The van der Waals surface area contributed by atoms with Gasteiger partial charge in [0.25, 0.3) is 5.56 Å². The minimum Gasteiger partial charge on any atom is -0.465 e. The van der Waals surface area contributed by atoms with E-state index in [1.807, 2.05) is 6.07 Å². The highest BCUT2D eigenvalue weighted by Crippen LogP contribution is 2.18. The van der Waals surface area contributed by atoms with E-state index in [4.69, 9.17) is 4.74 Å². The van der Waals surface area contributed by atoms with Gasteiger partial charge in [-0.2, -0.15) is 0 Å². The van der Waals surface area contributed by atoms with Crippen molar-refractivity contribution in [3.63, 3.8) is 0 Å². The van der Waals surface area contributed by atoms with Gasteiger partial charge >= 0.3 is 5.97 Å². The first-order valence-electron chi connectivity index (χ1n) is 8.09. The summed E-state index contributed by atoms with van der Waals surface area (Å²) in [6.45, 7) is 0.735. The summed E-state index contributed by atoms with van der Waals surface area (Å²) >= 11 is 3.36. The Hall–Kier alpha value is -1.95. The van der Waals surface area contributed by atoms with Crippen molar-refractivity contribution in [3.8, 4) is 0 Å². The number of esters is 1. The molecule has 2 aromatic rings. The second-order valence-corrected chi connectivity index (χ2v) is 6.90. The fraction of sp³-hybridized carbons (Fsp3) is 0.389. The van der Waals surface area contributed by atoms with Crippen LogP contribution < -0.4 is 5.56 Å². The molecule has 0 bridgehead atoms. The maximum atomic E-state index is 12.4. The van der Waals surface area contributed by atoms with Crippen molar-refractivity contribution in [2.75, 3.05) is 6.61 Å².